The van der Waals surface area contributed by atoms with Gasteiger partial charge in [-0.05, 0) is 37.6 Å². The lowest BCUT2D eigenvalue weighted by molar-refractivity contribution is -0.151. The van der Waals surface area contributed by atoms with Gasteiger partial charge in [0.1, 0.15) is 11.2 Å². The van der Waals surface area contributed by atoms with E-state index in [1.165, 1.54) is 20.3 Å². The number of piperidine rings is 1. The average molecular weight is 462 g/mol. The molecule has 3 aromatic heterocycles. The summed E-state index contributed by atoms with van der Waals surface area (Å²) in [7, 11) is 0. The average Bonchev–Trinajstić information content (AvgIpc) is 3.39. The van der Waals surface area contributed by atoms with E-state index >= 15 is 0 Å². The van der Waals surface area contributed by atoms with E-state index in [2.05, 4.69) is 5.10 Å². The van der Waals surface area contributed by atoms with Crippen LogP contribution in [0.15, 0.2) is 21.0 Å². The molecule has 32 heavy (non-hydrogen) atoms. The summed E-state index contributed by atoms with van der Waals surface area (Å²) >= 11 is 1.29. The van der Waals surface area contributed by atoms with Gasteiger partial charge in [-0.15, -0.1) is 16.4 Å². The van der Waals surface area contributed by atoms with Gasteiger partial charge in [-0.1, -0.05) is 13.3 Å². The number of hydrogen-bond acceptors (Lipinski definition) is 7. The van der Waals surface area contributed by atoms with E-state index in [4.69, 9.17) is 4.74 Å². The monoisotopic (exact) mass is 461 g/mol. The second-order valence-corrected chi connectivity index (χ2v) is 8.87. The Balaban J connectivity index is 1.66. The number of unbranched alkanes of at least 4 members (excludes halogenated alkanes) is 1. The quantitative estimate of drug-likeness (QED) is 0.493. The molecule has 4 heterocycles. The van der Waals surface area contributed by atoms with Crippen LogP contribution in [0.3, 0.4) is 0 Å². The zero-order chi connectivity index (χ0) is 22.8. The number of aromatic nitrogens is 4. The maximum atomic E-state index is 13.2. The van der Waals surface area contributed by atoms with E-state index < -0.39 is 5.69 Å². The van der Waals surface area contributed by atoms with E-state index in [0.717, 1.165) is 17.5 Å². The molecule has 1 atom stereocenters. The maximum Gasteiger partial charge on any atom is 0.352 e. The van der Waals surface area contributed by atoms with Crippen molar-refractivity contribution in [3.8, 4) is 0 Å². The second-order valence-electron chi connectivity index (χ2n) is 7.95. The molecule has 3 aromatic rings. The van der Waals surface area contributed by atoms with Crippen LogP contribution in [-0.4, -0.2) is 55.2 Å². The van der Waals surface area contributed by atoms with Crippen LogP contribution >= 0.6 is 11.3 Å². The summed E-state index contributed by atoms with van der Waals surface area (Å²) in [6, 6.07) is 1.72. The highest BCUT2D eigenvalue weighted by atomic mass is 32.1. The van der Waals surface area contributed by atoms with Gasteiger partial charge in [0.15, 0.2) is 0 Å². The predicted molar refractivity (Wildman–Crippen MR) is 120 cm³/mol. The lowest BCUT2D eigenvalue weighted by Crippen LogP contribution is -2.45. The normalized spacial score (nSPS) is 16.7. The number of likely N-dealkylation sites (tertiary alicyclic amines) is 1. The Bertz CT molecular complexity index is 1270. The number of nitrogens with zero attached hydrogens (tertiary/aromatic N) is 5. The number of carbonyl (C=O) groups excluding carboxylic acids is 2. The molecule has 10 nitrogen and oxygen atoms in total. The van der Waals surface area contributed by atoms with Crippen LogP contribution in [0, 0.1) is 5.92 Å². The summed E-state index contributed by atoms with van der Waals surface area (Å²) in [5.41, 5.74) is -0.125. The van der Waals surface area contributed by atoms with E-state index in [1.54, 1.807) is 23.3 Å². The lowest BCUT2D eigenvalue weighted by Gasteiger charge is -2.31. The van der Waals surface area contributed by atoms with Crippen LogP contribution in [-0.2, 0) is 27.4 Å². The van der Waals surface area contributed by atoms with Gasteiger partial charge in [0.05, 0.1) is 18.0 Å². The molecule has 1 aliphatic rings. The molecule has 1 amide bonds. The van der Waals surface area contributed by atoms with Crippen molar-refractivity contribution in [1.29, 1.82) is 0 Å². The summed E-state index contributed by atoms with van der Waals surface area (Å²) in [6.07, 6.45) is 3.04. The fraction of sp³-hybridized carbons (Fsp3) is 0.571. The molecule has 4 rings (SSSR count). The highest BCUT2D eigenvalue weighted by Gasteiger charge is 2.30. The number of esters is 1. The molecule has 0 aromatic carbocycles. The van der Waals surface area contributed by atoms with Gasteiger partial charge in [-0.25, -0.2) is 13.9 Å². The summed E-state index contributed by atoms with van der Waals surface area (Å²) < 4.78 is 9.64. The van der Waals surface area contributed by atoms with Crippen molar-refractivity contribution < 1.29 is 14.3 Å². The first-order valence-electron chi connectivity index (χ1n) is 11.0. The van der Waals surface area contributed by atoms with Gasteiger partial charge in [-0.2, -0.15) is 0 Å². The Morgan fingerprint density at radius 1 is 1.28 bits per heavy atom. The fourth-order valence-electron chi connectivity index (χ4n) is 4.14. The first-order valence-corrected chi connectivity index (χ1v) is 11.9. The minimum Gasteiger partial charge on any atom is -0.466 e. The Hall–Kier alpha value is -2.95. The Labute approximate surface area is 188 Å². The van der Waals surface area contributed by atoms with Crippen LogP contribution in [0.25, 0.3) is 16.0 Å². The standard InChI is InChI=1S/C21H27N5O5S/c1-3-5-10-24-18(28)17-15(8-11-32-17)26-20(24)22-25(21(26)30)13-16(27)23-9-6-7-14(12-23)19(29)31-4-2/h8,11,14H,3-7,9-10,12-13H2,1-2H3/t14-/m1/s1. The lowest BCUT2D eigenvalue weighted by atomic mass is 9.98. The Morgan fingerprint density at radius 3 is 2.84 bits per heavy atom. The van der Waals surface area contributed by atoms with Crippen molar-refractivity contribution in [2.24, 2.45) is 5.92 Å². The van der Waals surface area contributed by atoms with Crippen LogP contribution in [0.1, 0.15) is 39.5 Å². The molecule has 1 fully saturated rings. The fourth-order valence-corrected chi connectivity index (χ4v) is 4.96. The smallest absolute Gasteiger partial charge is 0.352 e. The molecule has 11 heteroatoms. The molecule has 0 bridgehead atoms. The molecule has 0 spiro atoms. The number of thiophene rings is 1. The van der Waals surface area contributed by atoms with Crippen molar-refractivity contribution in [2.75, 3.05) is 19.7 Å². The molecule has 172 valence electrons. The van der Waals surface area contributed by atoms with Crippen molar-refractivity contribution in [3.63, 3.8) is 0 Å². The third kappa shape index (κ3) is 3.96. The van der Waals surface area contributed by atoms with E-state index in [1.807, 2.05) is 6.92 Å². The number of ether oxygens (including phenoxy) is 1. The highest BCUT2D eigenvalue weighted by Crippen LogP contribution is 2.19. The van der Waals surface area contributed by atoms with Gasteiger partial charge < -0.3 is 9.64 Å². The van der Waals surface area contributed by atoms with Crippen molar-refractivity contribution in [2.45, 2.75) is 52.6 Å². The first-order chi connectivity index (χ1) is 15.5. The van der Waals surface area contributed by atoms with Crippen LogP contribution in [0.2, 0.25) is 0 Å². The number of rotatable bonds is 7. The van der Waals surface area contributed by atoms with Crippen molar-refractivity contribution in [3.05, 3.63) is 32.3 Å². The summed E-state index contributed by atoms with van der Waals surface area (Å²) in [5, 5.41) is 6.14. The number of amides is 1. The first kappa shape index (κ1) is 22.3. The van der Waals surface area contributed by atoms with Crippen molar-refractivity contribution >= 4 is 39.2 Å². The predicted octanol–water partition coefficient (Wildman–Crippen LogP) is 1.47. The molecule has 0 unspecified atom stereocenters. The summed E-state index contributed by atoms with van der Waals surface area (Å²) in [6.45, 7) is 5.08. The third-order valence-electron chi connectivity index (χ3n) is 5.80. The Kier molecular flexibility index (Phi) is 6.45. The zero-order valence-corrected chi connectivity index (χ0v) is 19.1. The van der Waals surface area contributed by atoms with Gasteiger partial charge in [0.25, 0.3) is 5.56 Å². The molecule has 0 radical (unpaired) electrons. The number of fused-ring (bicyclic) bond motifs is 3. The second kappa shape index (κ2) is 9.27. The number of carbonyl (C=O) groups is 2. The van der Waals surface area contributed by atoms with E-state index in [0.29, 0.717) is 42.8 Å². The van der Waals surface area contributed by atoms with Gasteiger partial charge in [0.2, 0.25) is 11.7 Å². The molecule has 1 aliphatic heterocycles. The summed E-state index contributed by atoms with van der Waals surface area (Å²) in [4.78, 5) is 52.7. The maximum absolute atomic E-state index is 13.2. The van der Waals surface area contributed by atoms with Crippen LogP contribution < -0.4 is 11.2 Å². The zero-order valence-electron chi connectivity index (χ0n) is 18.3. The highest BCUT2D eigenvalue weighted by molar-refractivity contribution is 7.17. The van der Waals surface area contributed by atoms with Crippen molar-refractivity contribution in [1.82, 2.24) is 23.6 Å². The summed E-state index contributed by atoms with van der Waals surface area (Å²) in [5.74, 6) is -0.687. The molecule has 0 saturated carbocycles. The van der Waals surface area contributed by atoms with E-state index in [-0.39, 0.29) is 42.2 Å². The largest absolute Gasteiger partial charge is 0.466 e. The van der Waals surface area contributed by atoms with Gasteiger partial charge >= 0.3 is 11.7 Å². The third-order valence-corrected chi connectivity index (χ3v) is 6.69. The molecular weight excluding hydrogens is 434 g/mol. The molecular formula is C21H27N5O5S. The molecule has 0 aliphatic carbocycles. The molecule has 0 N–H and O–H groups in total. The topological polar surface area (TPSA) is 108 Å². The minimum atomic E-state index is -0.457. The Morgan fingerprint density at radius 2 is 2.09 bits per heavy atom. The minimum absolute atomic E-state index is 0.173. The van der Waals surface area contributed by atoms with Gasteiger partial charge in [0, 0.05) is 19.6 Å². The van der Waals surface area contributed by atoms with Crippen LogP contribution in [0.5, 0.6) is 0 Å². The van der Waals surface area contributed by atoms with Gasteiger partial charge in [-0.3, -0.25) is 19.0 Å². The van der Waals surface area contributed by atoms with E-state index in [9.17, 15) is 19.2 Å². The number of aryl methyl sites for hydroxylation is 1. The SMILES string of the molecule is CCCCn1c(=O)c2sccc2n2c(=O)n(CC(=O)N3CCC[C@@H](C(=O)OCC)C3)nc12. The van der Waals surface area contributed by atoms with Crippen LogP contribution in [0.4, 0.5) is 0 Å². The molecule has 1 saturated heterocycles. The number of hydrogen-bond donors (Lipinski definition) is 0.